The molecule has 0 aliphatic carbocycles. The van der Waals surface area contributed by atoms with Gasteiger partial charge in [0.2, 0.25) is 0 Å². The van der Waals surface area contributed by atoms with Gasteiger partial charge in [0, 0.05) is 12.0 Å². The Balaban J connectivity index is 2.75. The van der Waals surface area contributed by atoms with Gasteiger partial charge in [0.25, 0.3) is 0 Å². The van der Waals surface area contributed by atoms with Crippen LogP contribution in [0.25, 0.3) is 0 Å². The zero-order valence-corrected chi connectivity index (χ0v) is 10.9. The topological polar surface area (TPSA) is 32.3 Å². The van der Waals surface area contributed by atoms with Crippen molar-refractivity contribution in [3.05, 3.63) is 28.8 Å². The third-order valence-electron chi connectivity index (χ3n) is 3.15. The highest BCUT2D eigenvalue weighted by Crippen LogP contribution is 2.28. The molecule has 90 valence electrons. The van der Waals surface area contributed by atoms with E-state index in [9.17, 15) is 5.11 Å². The Hall–Kier alpha value is -0.730. The second-order valence-electron chi connectivity index (χ2n) is 4.61. The number of hydrogen-bond acceptors (Lipinski definition) is 2. The molecular weight excluding hydrogens is 222 g/mol. The average Bonchev–Trinajstić information content (AvgIpc) is 2.28. The van der Waals surface area contributed by atoms with E-state index in [0.717, 1.165) is 29.2 Å². The highest BCUT2D eigenvalue weighted by molar-refractivity contribution is 6.33. The Kier molecular flexibility index (Phi) is 4.63. The van der Waals surface area contributed by atoms with E-state index in [1.54, 1.807) is 0 Å². The first-order valence-corrected chi connectivity index (χ1v) is 6.00. The number of benzene rings is 1. The van der Waals surface area contributed by atoms with Gasteiger partial charge in [0.1, 0.15) is 0 Å². The largest absolute Gasteiger partial charge is 0.396 e. The second-order valence-corrected chi connectivity index (χ2v) is 5.01. The van der Waals surface area contributed by atoms with Gasteiger partial charge < -0.3 is 10.4 Å². The number of rotatable bonds is 5. The van der Waals surface area contributed by atoms with E-state index in [4.69, 9.17) is 11.6 Å². The summed E-state index contributed by atoms with van der Waals surface area (Å²) >= 11 is 6.12. The molecular formula is C13H20ClNO. The molecule has 16 heavy (non-hydrogen) atoms. The van der Waals surface area contributed by atoms with Crippen molar-refractivity contribution in [1.82, 2.24) is 0 Å². The van der Waals surface area contributed by atoms with E-state index in [2.05, 4.69) is 19.2 Å². The van der Waals surface area contributed by atoms with Crippen LogP contribution < -0.4 is 5.32 Å². The molecule has 0 fully saturated rings. The molecule has 0 heterocycles. The molecule has 0 radical (unpaired) electrons. The van der Waals surface area contributed by atoms with Crippen LogP contribution in [-0.4, -0.2) is 18.3 Å². The summed E-state index contributed by atoms with van der Waals surface area (Å²) in [4.78, 5) is 0. The number of halogens is 1. The zero-order chi connectivity index (χ0) is 12.2. The van der Waals surface area contributed by atoms with Gasteiger partial charge in [0.05, 0.1) is 17.3 Å². The summed E-state index contributed by atoms with van der Waals surface area (Å²) in [6.07, 6.45) is 0.931. The fourth-order valence-electron chi connectivity index (χ4n) is 1.45. The maximum atomic E-state index is 9.33. The normalized spacial score (nSPS) is 14.6. The minimum atomic E-state index is -0.0917. The summed E-state index contributed by atoms with van der Waals surface area (Å²) in [7, 11) is 0. The molecule has 0 saturated carbocycles. The predicted octanol–water partition coefficient (Wildman–Crippen LogP) is 3.47. The van der Waals surface area contributed by atoms with Crippen molar-refractivity contribution in [1.29, 1.82) is 0 Å². The molecule has 2 nitrogen and oxygen atoms in total. The standard InChI is InChI=1S/C13H20ClNO/c1-4-13(3,9-16)8-15-12-10(2)6-5-7-11(12)14/h5-7,15-16H,4,8-9H2,1-3H3. The van der Waals surface area contributed by atoms with Crippen LogP contribution in [0.3, 0.4) is 0 Å². The van der Waals surface area contributed by atoms with Gasteiger partial charge in [-0.2, -0.15) is 0 Å². The van der Waals surface area contributed by atoms with E-state index in [1.807, 2.05) is 25.1 Å². The first-order valence-electron chi connectivity index (χ1n) is 5.62. The summed E-state index contributed by atoms with van der Waals surface area (Å²) in [6.45, 7) is 7.07. The molecule has 2 N–H and O–H groups in total. The Morgan fingerprint density at radius 3 is 2.62 bits per heavy atom. The van der Waals surface area contributed by atoms with Crippen LogP contribution in [0.2, 0.25) is 5.02 Å². The Morgan fingerprint density at radius 2 is 2.12 bits per heavy atom. The molecule has 0 spiro atoms. The summed E-state index contributed by atoms with van der Waals surface area (Å²) < 4.78 is 0. The average molecular weight is 242 g/mol. The number of aryl methyl sites for hydroxylation is 1. The number of anilines is 1. The fourth-order valence-corrected chi connectivity index (χ4v) is 1.74. The molecule has 0 aliphatic rings. The third kappa shape index (κ3) is 3.13. The van der Waals surface area contributed by atoms with Gasteiger partial charge in [-0.1, -0.05) is 37.6 Å². The molecule has 0 saturated heterocycles. The van der Waals surface area contributed by atoms with Crippen molar-refractivity contribution in [2.45, 2.75) is 27.2 Å². The van der Waals surface area contributed by atoms with Crippen LogP contribution >= 0.6 is 11.6 Å². The maximum absolute atomic E-state index is 9.33. The lowest BCUT2D eigenvalue weighted by Crippen LogP contribution is -2.29. The Morgan fingerprint density at radius 1 is 1.44 bits per heavy atom. The van der Waals surface area contributed by atoms with Crippen molar-refractivity contribution in [2.75, 3.05) is 18.5 Å². The van der Waals surface area contributed by atoms with Crippen LogP contribution in [0.4, 0.5) is 5.69 Å². The molecule has 1 rings (SSSR count). The van der Waals surface area contributed by atoms with Crippen molar-refractivity contribution in [3.8, 4) is 0 Å². The van der Waals surface area contributed by atoms with Crippen molar-refractivity contribution < 1.29 is 5.11 Å². The van der Waals surface area contributed by atoms with Gasteiger partial charge in [-0.3, -0.25) is 0 Å². The summed E-state index contributed by atoms with van der Waals surface area (Å²) in [5, 5.41) is 13.4. The minimum Gasteiger partial charge on any atom is -0.396 e. The minimum absolute atomic E-state index is 0.0917. The lowest BCUT2D eigenvalue weighted by Gasteiger charge is -2.27. The highest BCUT2D eigenvalue weighted by atomic mass is 35.5. The second kappa shape index (κ2) is 5.55. The molecule has 1 unspecified atom stereocenters. The summed E-state index contributed by atoms with van der Waals surface area (Å²) in [6, 6.07) is 5.84. The maximum Gasteiger partial charge on any atom is 0.0640 e. The Bertz CT molecular complexity index is 328. The lowest BCUT2D eigenvalue weighted by atomic mass is 9.88. The fraction of sp³-hybridized carbons (Fsp3) is 0.538. The van der Waals surface area contributed by atoms with Crippen LogP contribution in [0.15, 0.2) is 18.2 Å². The number of para-hydroxylation sites is 1. The number of nitrogens with one attached hydrogen (secondary N) is 1. The van der Waals surface area contributed by atoms with Crippen LogP contribution in [0, 0.1) is 12.3 Å². The molecule has 1 atom stereocenters. The van der Waals surface area contributed by atoms with E-state index < -0.39 is 0 Å². The van der Waals surface area contributed by atoms with E-state index in [-0.39, 0.29) is 12.0 Å². The molecule has 3 heteroatoms. The number of aliphatic hydroxyl groups excluding tert-OH is 1. The number of hydrogen-bond donors (Lipinski definition) is 2. The first kappa shape index (κ1) is 13.3. The van der Waals surface area contributed by atoms with E-state index in [1.165, 1.54) is 0 Å². The molecule has 0 bridgehead atoms. The highest BCUT2D eigenvalue weighted by Gasteiger charge is 2.21. The smallest absolute Gasteiger partial charge is 0.0640 e. The quantitative estimate of drug-likeness (QED) is 0.828. The van der Waals surface area contributed by atoms with Crippen molar-refractivity contribution in [2.24, 2.45) is 5.41 Å². The molecule has 0 amide bonds. The first-order chi connectivity index (χ1) is 7.52. The van der Waals surface area contributed by atoms with Crippen LogP contribution in [0.1, 0.15) is 25.8 Å². The van der Waals surface area contributed by atoms with Crippen molar-refractivity contribution in [3.63, 3.8) is 0 Å². The van der Waals surface area contributed by atoms with Gasteiger partial charge in [-0.05, 0) is 25.0 Å². The van der Waals surface area contributed by atoms with Crippen LogP contribution in [-0.2, 0) is 0 Å². The van der Waals surface area contributed by atoms with E-state index in [0.29, 0.717) is 0 Å². The van der Waals surface area contributed by atoms with Crippen molar-refractivity contribution >= 4 is 17.3 Å². The van der Waals surface area contributed by atoms with Gasteiger partial charge in [-0.15, -0.1) is 0 Å². The zero-order valence-electron chi connectivity index (χ0n) is 10.2. The lowest BCUT2D eigenvalue weighted by molar-refractivity contribution is 0.149. The van der Waals surface area contributed by atoms with Crippen LogP contribution in [0.5, 0.6) is 0 Å². The molecule has 1 aromatic rings. The molecule has 1 aromatic carbocycles. The molecule has 0 aliphatic heterocycles. The molecule has 0 aromatic heterocycles. The van der Waals surface area contributed by atoms with Gasteiger partial charge in [0.15, 0.2) is 0 Å². The van der Waals surface area contributed by atoms with Gasteiger partial charge in [-0.25, -0.2) is 0 Å². The summed E-state index contributed by atoms with van der Waals surface area (Å²) in [5.41, 5.74) is 2.01. The monoisotopic (exact) mass is 241 g/mol. The van der Waals surface area contributed by atoms with E-state index >= 15 is 0 Å². The predicted molar refractivity (Wildman–Crippen MR) is 70.2 cm³/mol. The summed E-state index contributed by atoms with van der Waals surface area (Å²) in [5.74, 6) is 0. The number of aliphatic hydroxyl groups is 1. The SMILES string of the molecule is CCC(C)(CO)CNc1c(C)cccc1Cl. The van der Waals surface area contributed by atoms with Gasteiger partial charge >= 0.3 is 0 Å². The third-order valence-corrected chi connectivity index (χ3v) is 3.46. The Labute approximate surface area is 103 Å².